The Morgan fingerprint density at radius 2 is 1.94 bits per heavy atom. The molecule has 0 aliphatic carbocycles. The lowest BCUT2D eigenvalue weighted by atomic mass is 10.1. The smallest absolute Gasteiger partial charge is 0.127 e. The average Bonchev–Trinajstić information content (AvgIpc) is 2.64. The van der Waals surface area contributed by atoms with Crippen LogP contribution < -0.4 is 0 Å². The Bertz CT molecular complexity index is 503. The van der Waals surface area contributed by atoms with E-state index in [1.54, 1.807) is 16.8 Å². The van der Waals surface area contributed by atoms with Crippen molar-refractivity contribution in [3.63, 3.8) is 0 Å². The summed E-state index contributed by atoms with van der Waals surface area (Å²) in [5.74, 6) is 0.116. The number of halogens is 2. The van der Waals surface area contributed by atoms with Crippen molar-refractivity contribution in [2.45, 2.75) is 26.3 Å². The molecule has 1 aromatic heterocycles. The third kappa shape index (κ3) is 2.86. The van der Waals surface area contributed by atoms with E-state index < -0.39 is 0 Å². The largest absolute Gasteiger partial charge is 0.249 e. The van der Waals surface area contributed by atoms with Gasteiger partial charge in [0.05, 0.1) is 12.2 Å². The van der Waals surface area contributed by atoms with E-state index in [9.17, 15) is 4.39 Å². The van der Waals surface area contributed by atoms with E-state index in [4.69, 9.17) is 11.6 Å². The second kappa shape index (κ2) is 4.88. The van der Waals surface area contributed by atoms with E-state index in [0.29, 0.717) is 17.6 Å². The Balaban J connectivity index is 2.21. The van der Waals surface area contributed by atoms with Gasteiger partial charge in [-0.3, -0.25) is 0 Å². The average molecular weight is 253 g/mol. The lowest BCUT2D eigenvalue weighted by molar-refractivity contribution is 0.623. The first-order chi connectivity index (χ1) is 8.06. The molecule has 0 amide bonds. The van der Waals surface area contributed by atoms with Crippen LogP contribution in [-0.4, -0.2) is 9.78 Å². The number of rotatable bonds is 3. The number of benzene rings is 1. The van der Waals surface area contributed by atoms with Crippen molar-refractivity contribution in [2.75, 3.05) is 0 Å². The van der Waals surface area contributed by atoms with E-state index in [1.807, 2.05) is 6.07 Å². The molecule has 4 heteroatoms. The van der Waals surface area contributed by atoms with Gasteiger partial charge >= 0.3 is 0 Å². The standard InChI is InChI=1S/C13H14ClFN2/c1-9(2)12-7-13(14)17(16-12)8-10-3-5-11(15)6-4-10/h3-7,9H,8H2,1-2H3. The normalized spacial score (nSPS) is 11.1. The summed E-state index contributed by atoms with van der Waals surface area (Å²) in [4.78, 5) is 0. The number of hydrogen-bond donors (Lipinski definition) is 0. The Hall–Kier alpha value is -1.35. The molecule has 1 aromatic carbocycles. The molecule has 0 spiro atoms. The lowest BCUT2D eigenvalue weighted by Gasteiger charge is -2.03. The van der Waals surface area contributed by atoms with Crippen molar-refractivity contribution in [3.8, 4) is 0 Å². The molecule has 0 unspecified atom stereocenters. The molecule has 0 fully saturated rings. The molecular formula is C13H14ClFN2. The van der Waals surface area contributed by atoms with Crippen LogP contribution in [0.1, 0.15) is 31.0 Å². The van der Waals surface area contributed by atoms with E-state index in [2.05, 4.69) is 18.9 Å². The van der Waals surface area contributed by atoms with Gasteiger partial charge in [-0.15, -0.1) is 0 Å². The zero-order valence-corrected chi connectivity index (χ0v) is 10.6. The van der Waals surface area contributed by atoms with Crippen molar-refractivity contribution >= 4 is 11.6 Å². The topological polar surface area (TPSA) is 17.8 Å². The summed E-state index contributed by atoms with van der Waals surface area (Å²) in [6.07, 6.45) is 0. The second-order valence-electron chi connectivity index (χ2n) is 4.33. The molecule has 0 radical (unpaired) electrons. The van der Waals surface area contributed by atoms with Gasteiger partial charge in [0.1, 0.15) is 11.0 Å². The molecule has 90 valence electrons. The van der Waals surface area contributed by atoms with Gasteiger partial charge in [0.15, 0.2) is 0 Å². The molecule has 0 saturated heterocycles. The maximum atomic E-state index is 12.8. The van der Waals surface area contributed by atoms with Crippen LogP contribution in [0.5, 0.6) is 0 Å². The van der Waals surface area contributed by atoms with Gasteiger partial charge in [-0.2, -0.15) is 5.10 Å². The van der Waals surface area contributed by atoms with Crippen LogP contribution >= 0.6 is 11.6 Å². The quantitative estimate of drug-likeness (QED) is 0.811. The van der Waals surface area contributed by atoms with Gasteiger partial charge < -0.3 is 0 Å². The molecule has 0 N–H and O–H groups in total. The highest BCUT2D eigenvalue weighted by molar-refractivity contribution is 6.29. The number of aromatic nitrogens is 2. The third-order valence-electron chi connectivity index (χ3n) is 2.59. The van der Waals surface area contributed by atoms with E-state index in [0.717, 1.165) is 11.3 Å². The Labute approximate surface area is 105 Å². The minimum Gasteiger partial charge on any atom is -0.249 e. The Morgan fingerprint density at radius 1 is 1.29 bits per heavy atom. The molecule has 2 nitrogen and oxygen atoms in total. The molecule has 0 atom stereocenters. The van der Waals surface area contributed by atoms with Gasteiger partial charge in [-0.05, 0) is 29.7 Å². The highest BCUT2D eigenvalue weighted by atomic mass is 35.5. The van der Waals surface area contributed by atoms with Crippen molar-refractivity contribution in [2.24, 2.45) is 0 Å². The van der Waals surface area contributed by atoms with Gasteiger partial charge in [-0.25, -0.2) is 9.07 Å². The van der Waals surface area contributed by atoms with Gasteiger partial charge in [-0.1, -0.05) is 37.6 Å². The van der Waals surface area contributed by atoms with Crippen molar-refractivity contribution in [3.05, 3.63) is 52.6 Å². The van der Waals surface area contributed by atoms with E-state index >= 15 is 0 Å². The highest BCUT2D eigenvalue weighted by Crippen LogP contribution is 2.19. The summed E-state index contributed by atoms with van der Waals surface area (Å²) in [5, 5.41) is 5.03. The highest BCUT2D eigenvalue weighted by Gasteiger charge is 2.09. The summed E-state index contributed by atoms with van der Waals surface area (Å²) in [5.41, 5.74) is 1.95. The molecule has 17 heavy (non-hydrogen) atoms. The second-order valence-corrected chi connectivity index (χ2v) is 4.72. The van der Waals surface area contributed by atoms with Crippen LogP contribution in [0, 0.1) is 5.82 Å². The van der Waals surface area contributed by atoms with E-state index in [-0.39, 0.29) is 5.82 Å². The van der Waals surface area contributed by atoms with Crippen LogP contribution in [0.25, 0.3) is 0 Å². The zero-order chi connectivity index (χ0) is 12.4. The molecule has 0 saturated carbocycles. The fourth-order valence-corrected chi connectivity index (χ4v) is 1.78. The maximum absolute atomic E-state index is 12.8. The maximum Gasteiger partial charge on any atom is 0.127 e. The third-order valence-corrected chi connectivity index (χ3v) is 2.89. The van der Waals surface area contributed by atoms with Crippen molar-refractivity contribution in [1.29, 1.82) is 0 Å². The lowest BCUT2D eigenvalue weighted by Crippen LogP contribution is -2.03. The van der Waals surface area contributed by atoms with Gasteiger partial charge in [0.2, 0.25) is 0 Å². The van der Waals surface area contributed by atoms with Gasteiger partial charge in [0, 0.05) is 0 Å². The fourth-order valence-electron chi connectivity index (χ4n) is 1.57. The first-order valence-corrected chi connectivity index (χ1v) is 5.92. The molecule has 2 rings (SSSR count). The monoisotopic (exact) mass is 252 g/mol. The van der Waals surface area contributed by atoms with Crippen LogP contribution in [0.2, 0.25) is 5.15 Å². The fraction of sp³-hybridized carbons (Fsp3) is 0.308. The summed E-state index contributed by atoms with van der Waals surface area (Å²) in [6.45, 7) is 4.70. The molecular weight excluding hydrogens is 239 g/mol. The van der Waals surface area contributed by atoms with Crippen LogP contribution in [0.15, 0.2) is 30.3 Å². The van der Waals surface area contributed by atoms with E-state index in [1.165, 1.54) is 12.1 Å². The Morgan fingerprint density at radius 3 is 2.47 bits per heavy atom. The molecule has 0 aliphatic rings. The van der Waals surface area contributed by atoms with Crippen LogP contribution in [0.3, 0.4) is 0 Å². The summed E-state index contributed by atoms with van der Waals surface area (Å²) < 4.78 is 14.5. The SMILES string of the molecule is CC(C)c1cc(Cl)n(Cc2ccc(F)cc2)n1. The predicted octanol–water partition coefficient (Wildman–Crippen LogP) is 3.85. The van der Waals surface area contributed by atoms with Crippen molar-refractivity contribution in [1.82, 2.24) is 9.78 Å². The first-order valence-electron chi connectivity index (χ1n) is 5.54. The minimum atomic E-state index is -0.233. The minimum absolute atomic E-state index is 0.233. The molecule has 1 heterocycles. The number of nitrogens with zero attached hydrogens (tertiary/aromatic N) is 2. The van der Waals surface area contributed by atoms with Crippen LogP contribution in [0.4, 0.5) is 4.39 Å². The first kappa shape index (κ1) is 12.1. The molecule has 0 aliphatic heterocycles. The predicted molar refractivity (Wildman–Crippen MR) is 66.8 cm³/mol. The summed E-state index contributed by atoms with van der Waals surface area (Å²) in [7, 11) is 0. The zero-order valence-electron chi connectivity index (χ0n) is 9.82. The summed E-state index contributed by atoms with van der Waals surface area (Å²) in [6, 6.07) is 8.23. The van der Waals surface area contributed by atoms with Gasteiger partial charge in [0.25, 0.3) is 0 Å². The molecule has 0 bridgehead atoms. The molecule has 2 aromatic rings. The van der Waals surface area contributed by atoms with Crippen molar-refractivity contribution < 1.29 is 4.39 Å². The number of hydrogen-bond acceptors (Lipinski definition) is 1. The Kier molecular flexibility index (Phi) is 3.48. The van der Waals surface area contributed by atoms with Crippen LogP contribution in [-0.2, 0) is 6.54 Å². The summed E-state index contributed by atoms with van der Waals surface area (Å²) >= 11 is 6.10.